The Labute approximate surface area is 204 Å². The molecule has 0 radical (unpaired) electrons. The fourth-order valence-electron chi connectivity index (χ4n) is 3.58. The summed E-state index contributed by atoms with van der Waals surface area (Å²) in [5.41, 5.74) is 0. The molecule has 8 heteroatoms. The SMILES string of the molecule is CCCCCCCCCCCCCCCCCCOCC(O)COP(=O)(O)OCCN(C)C. The molecule has 0 aliphatic carbocycles. The van der Waals surface area contributed by atoms with E-state index in [9.17, 15) is 14.6 Å². The Morgan fingerprint density at radius 3 is 1.61 bits per heavy atom. The van der Waals surface area contributed by atoms with Crippen molar-refractivity contribution in [3.63, 3.8) is 0 Å². The Hall–Kier alpha value is -0.0100. The van der Waals surface area contributed by atoms with Crippen LogP contribution in [-0.2, 0) is 18.3 Å². The molecule has 0 aromatic heterocycles. The number of aliphatic hydroxyl groups excluding tert-OH is 1. The van der Waals surface area contributed by atoms with Gasteiger partial charge in [-0.3, -0.25) is 9.05 Å². The number of nitrogens with zero attached hydrogens (tertiary/aromatic N) is 1. The van der Waals surface area contributed by atoms with Crippen LogP contribution in [0.3, 0.4) is 0 Å². The highest BCUT2D eigenvalue weighted by atomic mass is 31.2. The quantitative estimate of drug-likeness (QED) is 0.107. The van der Waals surface area contributed by atoms with Gasteiger partial charge in [0.05, 0.1) is 19.8 Å². The van der Waals surface area contributed by atoms with Crippen LogP contribution in [0.1, 0.15) is 110 Å². The van der Waals surface area contributed by atoms with Crippen LogP contribution in [0.25, 0.3) is 0 Å². The Bertz CT molecular complexity index is 453. The van der Waals surface area contributed by atoms with Crippen LogP contribution < -0.4 is 0 Å². The molecule has 2 atom stereocenters. The summed E-state index contributed by atoms with van der Waals surface area (Å²) < 4.78 is 26.8. The van der Waals surface area contributed by atoms with E-state index in [0.717, 1.165) is 12.8 Å². The summed E-state index contributed by atoms with van der Waals surface area (Å²) in [6.45, 7) is 3.27. The molecule has 0 heterocycles. The van der Waals surface area contributed by atoms with Gasteiger partial charge in [-0.2, -0.15) is 0 Å². The van der Waals surface area contributed by atoms with Gasteiger partial charge in [0, 0.05) is 13.2 Å². The number of phosphoric acid groups is 1. The van der Waals surface area contributed by atoms with Crippen LogP contribution >= 0.6 is 7.82 Å². The first kappa shape index (κ1) is 33.0. The molecule has 0 aromatic rings. The number of phosphoric ester groups is 1. The summed E-state index contributed by atoms with van der Waals surface area (Å²) in [5, 5.41) is 9.82. The Kier molecular flexibility index (Phi) is 23.7. The summed E-state index contributed by atoms with van der Waals surface area (Å²) in [5.74, 6) is 0. The molecule has 7 nitrogen and oxygen atoms in total. The van der Waals surface area contributed by atoms with Crippen LogP contribution in [0.4, 0.5) is 0 Å². The van der Waals surface area contributed by atoms with Gasteiger partial charge in [-0.05, 0) is 20.5 Å². The van der Waals surface area contributed by atoms with Crippen molar-refractivity contribution < 1.29 is 28.3 Å². The van der Waals surface area contributed by atoms with Crippen molar-refractivity contribution in [2.45, 2.75) is 116 Å². The summed E-state index contributed by atoms with van der Waals surface area (Å²) in [7, 11) is -0.443. The molecule has 0 saturated carbocycles. The van der Waals surface area contributed by atoms with E-state index in [4.69, 9.17) is 13.8 Å². The van der Waals surface area contributed by atoms with E-state index in [1.165, 1.54) is 89.9 Å². The van der Waals surface area contributed by atoms with Crippen molar-refractivity contribution in [3.8, 4) is 0 Å². The van der Waals surface area contributed by atoms with E-state index in [-0.39, 0.29) is 19.8 Å². The van der Waals surface area contributed by atoms with Crippen LogP contribution in [0, 0.1) is 0 Å². The minimum atomic E-state index is -4.12. The monoisotopic (exact) mass is 495 g/mol. The Morgan fingerprint density at radius 1 is 0.697 bits per heavy atom. The van der Waals surface area contributed by atoms with E-state index >= 15 is 0 Å². The highest BCUT2D eigenvalue weighted by molar-refractivity contribution is 7.47. The molecule has 0 fully saturated rings. The maximum absolute atomic E-state index is 11.7. The maximum Gasteiger partial charge on any atom is 0.472 e. The van der Waals surface area contributed by atoms with Crippen LogP contribution in [0.2, 0.25) is 0 Å². The molecular weight excluding hydrogens is 441 g/mol. The molecule has 0 spiro atoms. The standard InChI is InChI=1S/C25H54NO6P/c1-4-5-6-7-8-9-10-11-12-13-14-15-16-17-18-19-21-30-23-25(27)24-32-33(28,29)31-22-20-26(2)3/h25,27H,4-24H2,1-3H3,(H,28,29). The molecule has 0 amide bonds. The van der Waals surface area contributed by atoms with Gasteiger partial charge in [-0.1, -0.05) is 103 Å². The molecule has 0 aliphatic heterocycles. The van der Waals surface area contributed by atoms with Crippen molar-refractivity contribution in [2.24, 2.45) is 0 Å². The molecular formula is C25H54NO6P. The second kappa shape index (κ2) is 23.7. The van der Waals surface area contributed by atoms with Gasteiger partial charge in [-0.15, -0.1) is 0 Å². The van der Waals surface area contributed by atoms with E-state index < -0.39 is 13.9 Å². The third-order valence-corrected chi connectivity index (χ3v) is 6.66. The first-order chi connectivity index (χ1) is 15.9. The molecule has 2 N–H and O–H groups in total. The van der Waals surface area contributed by atoms with E-state index in [0.29, 0.717) is 13.2 Å². The predicted octanol–water partition coefficient (Wildman–Crippen LogP) is 6.32. The first-order valence-electron chi connectivity index (χ1n) is 13.4. The van der Waals surface area contributed by atoms with Gasteiger partial charge in [-0.25, -0.2) is 4.57 Å². The Balaban J connectivity index is 3.32. The lowest BCUT2D eigenvalue weighted by Gasteiger charge is -2.16. The summed E-state index contributed by atoms with van der Waals surface area (Å²) >= 11 is 0. The maximum atomic E-state index is 11.7. The van der Waals surface area contributed by atoms with E-state index in [1.807, 2.05) is 19.0 Å². The van der Waals surface area contributed by atoms with Gasteiger partial charge in [0.2, 0.25) is 0 Å². The summed E-state index contributed by atoms with van der Waals surface area (Å²) in [4.78, 5) is 11.4. The molecule has 2 unspecified atom stereocenters. The predicted molar refractivity (Wildman–Crippen MR) is 137 cm³/mol. The second-order valence-electron chi connectivity index (χ2n) is 9.43. The third-order valence-electron chi connectivity index (χ3n) is 5.68. The first-order valence-corrected chi connectivity index (χ1v) is 14.9. The molecule has 0 aromatic carbocycles. The van der Waals surface area contributed by atoms with Crippen LogP contribution in [-0.4, -0.2) is 68.1 Å². The number of hydrogen-bond donors (Lipinski definition) is 2. The Morgan fingerprint density at radius 2 is 1.15 bits per heavy atom. The molecule has 0 rings (SSSR count). The topological polar surface area (TPSA) is 88.5 Å². The van der Waals surface area contributed by atoms with Crippen molar-refractivity contribution >= 4 is 7.82 Å². The zero-order chi connectivity index (χ0) is 24.6. The number of ether oxygens (including phenoxy) is 1. The number of aliphatic hydroxyl groups is 1. The molecule has 200 valence electrons. The smallest absolute Gasteiger partial charge is 0.388 e. The van der Waals surface area contributed by atoms with Crippen molar-refractivity contribution in [2.75, 3.05) is 47.1 Å². The van der Waals surface area contributed by atoms with Gasteiger partial charge >= 0.3 is 7.82 Å². The number of likely N-dealkylation sites (N-methyl/N-ethyl adjacent to an activating group) is 1. The summed E-state index contributed by atoms with van der Waals surface area (Å²) in [6.07, 6.45) is 20.4. The fraction of sp³-hybridized carbons (Fsp3) is 1.00. The average molecular weight is 496 g/mol. The van der Waals surface area contributed by atoms with Gasteiger partial charge in [0.1, 0.15) is 6.10 Å². The fourth-order valence-corrected chi connectivity index (χ4v) is 4.32. The zero-order valence-electron chi connectivity index (χ0n) is 21.8. The second-order valence-corrected chi connectivity index (χ2v) is 10.9. The third kappa shape index (κ3) is 26.4. The summed E-state index contributed by atoms with van der Waals surface area (Å²) in [6, 6.07) is 0. The number of rotatable bonds is 26. The van der Waals surface area contributed by atoms with Gasteiger partial charge < -0.3 is 19.6 Å². The molecule has 0 bridgehead atoms. The zero-order valence-corrected chi connectivity index (χ0v) is 22.7. The minimum Gasteiger partial charge on any atom is -0.388 e. The molecule has 0 saturated heterocycles. The van der Waals surface area contributed by atoms with Crippen molar-refractivity contribution in [1.82, 2.24) is 4.90 Å². The van der Waals surface area contributed by atoms with E-state index in [2.05, 4.69) is 6.92 Å². The largest absolute Gasteiger partial charge is 0.472 e. The van der Waals surface area contributed by atoms with Crippen molar-refractivity contribution in [3.05, 3.63) is 0 Å². The van der Waals surface area contributed by atoms with Crippen LogP contribution in [0.15, 0.2) is 0 Å². The lowest BCUT2D eigenvalue weighted by Crippen LogP contribution is -2.22. The minimum absolute atomic E-state index is 0.0899. The van der Waals surface area contributed by atoms with Gasteiger partial charge in [0.15, 0.2) is 0 Å². The van der Waals surface area contributed by atoms with Crippen LogP contribution in [0.5, 0.6) is 0 Å². The highest BCUT2D eigenvalue weighted by Gasteiger charge is 2.22. The highest BCUT2D eigenvalue weighted by Crippen LogP contribution is 2.42. The number of hydrogen-bond acceptors (Lipinski definition) is 6. The van der Waals surface area contributed by atoms with E-state index in [1.54, 1.807) is 0 Å². The normalized spacial score (nSPS) is 14.6. The average Bonchev–Trinajstić information content (AvgIpc) is 2.76. The lowest BCUT2D eigenvalue weighted by molar-refractivity contribution is 0.00186. The molecule has 33 heavy (non-hydrogen) atoms. The van der Waals surface area contributed by atoms with Crippen molar-refractivity contribution in [1.29, 1.82) is 0 Å². The molecule has 0 aliphatic rings. The lowest BCUT2D eigenvalue weighted by atomic mass is 10.0. The number of unbranched alkanes of at least 4 members (excludes halogenated alkanes) is 15. The van der Waals surface area contributed by atoms with Gasteiger partial charge in [0.25, 0.3) is 0 Å².